The van der Waals surface area contributed by atoms with Gasteiger partial charge in [-0.3, -0.25) is 14.4 Å². The maximum Gasteiger partial charge on any atom is 0.254 e. The quantitative estimate of drug-likeness (QED) is 0.331. The SMILES string of the molecule is CC.CC(C)C(C)N1Cc2ccccc2C1=O.Cc1cc(-c2scnc2C)ccc1CNC(=O)C1CCCN1C=O. The van der Waals surface area contributed by atoms with E-state index in [1.54, 1.807) is 16.2 Å². The van der Waals surface area contributed by atoms with Gasteiger partial charge in [0.1, 0.15) is 6.04 Å². The molecule has 2 aliphatic rings. The minimum atomic E-state index is -0.318. The maximum absolute atomic E-state index is 12.3. The number of fused-ring (bicyclic) bond motifs is 1. The van der Waals surface area contributed by atoms with Crippen LogP contribution in [0.1, 0.15) is 80.2 Å². The van der Waals surface area contributed by atoms with Gasteiger partial charge in [-0.05, 0) is 67.9 Å². The highest BCUT2D eigenvalue weighted by molar-refractivity contribution is 7.13. The molecule has 7 nitrogen and oxygen atoms in total. The molecule has 0 saturated carbocycles. The van der Waals surface area contributed by atoms with Crippen molar-refractivity contribution in [2.75, 3.05) is 6.54 Å². The van der Waals surface area contributed by atoms with Crippen LogP contribution in [-0.2, 0) is 22.7 Å². The van der Waals surface area contributed by atoms with Crippen LogP contribution in [0.25, 0.3) is 10.4 Å². The first-order valence-corrected chi connectivity index (χ1v) is 15.5. The van der Waals surface area contributed by atoms with E-state index in [2.05, 4.69) is 56.2 Å². The summed E-state index contributed by atoms with van der Waals surface area (Å²) in [6.45, 7) is 16.4. The fraction of sp³-hybridized carbons (Fsp3) is 0.455. The Labute approximate surface area is 249 Å². The summed E-state index contributed by atoms with van der Waals surface area (Å²) in [4.78, 5) is 44.3. The summed E-state index contributed by atoms with van der Waals surface area (Å²) in [5, 5.41) is 2.96. The van der Waals surface area contributed by atoms with Crippen molar-refractivity contribution in [2.24, 2.45) is 5.92 Å². The van der Waals surface area contributed by atoms with Crippen LogP contribution in [0.3, 0.4) is 0 Å². The number of likely N-dealkylation sites (tertiary alicyclic amines) is 1. The molecule has 1 fully saturated rings. The molecule has 5 rings (SSSR count). The van der Waals surface area contributed by atoms with Crippen molar-refractivity contribution in [1.29, 1.82) is 0 Å². The normalized spacial score (nSPS) is 16.4. The van der Waals surface area contributed by atoms with Crippen LogP contribution in [0.15, 0.2) is 48.0 Å². The van der Waals surface area contributed by atoms with E-state index in [0.717, 1.165) is 59.3 Å². The molecule has 1 saturated heterocycles. The molecule has 0 radical (unpaired) electrons. The number of carbonyl (C=O) groups is 3. The van der Waals surface area contributed by atoms with E-state index in [-0.39, 0.29) is 17.9 Å². The second-order valence-electron chi connectivity index (χ2n) is 10.7. The second kappa shape index (κ2) is 14.9. The fourth-order valence-corrected chi connectivity index (χ4v) is 5.88. The lowest BCUT2D eigenvalue weighted by Crippen LogP contribution is -2.42. The molecule has 1 N–H and O–H groups in total. The van der Waals surface area contributed by atoms with E-state index >= 15 is 0 Å². The molecule has 8 heteroatoms. The van der Waals surface area contributed by atoms with Gasteiger partial charge >= 0.3 is 0 Å². The molecule has 3 aromatic rings. The van der Waals surface area contributed by atoms with Gasteiger partial charge in [-0.1, -0.05) is 64.1 Å². The summed E-state index contributed by atoms with van der Waals surface area (Å²) in [5.41, 5.74) is 8.32. The van der Waals surface area contributed by atoms with Crippen molar-refractivity contribution in [1.82, 2.24) is 20.1 Å². The lowest BCUT2D eigenvalue weighted by atomic mass is 10.0. The van der Waals surface area contributed by atoms with Gasteiger partial charge in [-0.25, -0.2) is 4.98 Å². The average molecular weight is 577 g/mol. The summed E-state index contributed by atoms with van der Waals surface area (Å²) in [6.07, 6.45) is 2.40. The van der Waals surface area contributed by atoms with E-state index in [9.17, 15) is 14.4 Å². The third-order valence-corrected chi connectivity index (χ3v) is 8.82. The van der Waals surface area contributed by atoms with E-state index in [0.29, 0.717) is 25.0 Å². The Morgan fingerprint density at radius 1 is 1.15 bits per heavy atom. The lowest BCUT2D eigenvalue weighted by molar-refractivity contribution is -0.131. The van der Waals surface area contributed by atoms with Crippen LogP contribution < -0.4 is 5.32 Å². The number of hydrogen-bond donors (Lipinski definition) is 1. The first-order valence-electron chi connectivity index (χ1n) is 14.6. The van der Waals surface area contributed by atoms with E-state index < -0.39 is 0 Å². The molecule has 2 unspecified atom stereocenters. The number of amides is 3. The summed E-state index contributed by atoms with van der Waals surface area (Å²) in [7, 11) is 0. The molecule has 2 aromatic carbocycles. The number of hydrogen-bond acceptors (Lipinski definition) is 5. The molecule has 3 heterocycles. The van der Waals surface area contributed by atoms with Gasteiger partial charge in [0.25, 0.3) is 5.91 Å². The minimum Gasteiger partial charge on any atom is -0.350 e. The van der Waals surface area contributed by atoms with Crippen LogP contribution in [-0.4, -0.2) is 51.6 Å². The third-order valence-electron chi connectivity index (χ3n) is 7.84. The van der Waals surface area contributed by atoms with Crippen LogP contribution in [0, 0.1) is 19.8 Å². The molecule has 1 aromatic heterocycles. The number of carbonyl (C=O) groups excluding carboxylic acids is 3. The highest BCUT2D eigenvalue weighted by Gasteiger charge is 2.31. The van der Waals surface area contributed by atoms with Crippen molar-refractivity contribution >= 4 is 29.6 Å². The third kappa shape index (κ3) is 7.61. The lowest BCUT2D eigenvalue weighted by Gasteiger charge is -2.27. The summed E-state index contributed by atoms with van der Waals surface area (Å²) >= 11 is 1.64. The minimum absolute atomic E-state index is 0.0682. The van der Waals surface area contributed by atoms with Crippen LogP contribution in [0.5, 0.6) is 0 Å². The summed E-state index contributed by atoms with van der Waals surface area (Å²) in [5.74, 6) is 0.622. The van der Waals surface area contributed by atoms with Gasteiger partial charge in [-0.2, -0.15) is 0 Å². The molecule has 3 amide bonds. The first-order chi connectivity index (χ1) is 19.7. The van der Waals surface area contributed by atoms with Gasteiger partial charge in [0, 0.05) is 31.2 Å². The van der Waals surface area contributed by atoms with Crippen LogP contribution in [0.4, 0.5) is 0 Å². The molecular formula is C33H44N4O3S. The number of nitrogens with one attached hydrogen (secondary N) is 1. The fourth-order valence-electron chi connectivity index (χ4n) is 5.08. The number of aromatic nitrogens is 1. The van der Waals surface area contributed by atoms with Crippen molar-refractivity contribution in [3.8, 4) is 10.4 Å². The average Bonchev–Trinajstić information content (AvgIpc) is 3.72. The Bertz CT molecular complexity index is 1340. The van der Waals surface area contributed by atoms with Crippen molar-refractivity contribution < 1.29 is 14.4 Å². The second-order valence-corrected chi connectivity index (χ2v) is 11.6. The van der Waals surface area contributed by atoms with Crippen molar-refractivity contribution in [3.63, 3.8) is 0 Å². The van der Waals surface area contributed by atoms with Crippen molar-refractivity contribution in [2.45, 2.75) is 86.5 Å². The van der Waals surface area contributed by atoms with E-state index in [4.69, 9.17) is 0 Å². The molecule has 0 aliphatic carbocycles. The summed E-state index contributed by atoms with van der Waals surface area (Å²) < 4.78 is 0. The Kier molecular flexibility index (Phi) is 11.6. The van der Waals surface area contributed by atoms with Gasteiger partial charge in [-0.15, -0.1) is 11.3 Å². The number of rotatable bonds is 7. The van der Waals surface area contributed by atoms with E-state index in [1.807, 2.05) is 55.4 Å². The molecule has 0 spiro atoms. The zero-order valence-corrected chi connectivity index (χ0v) is 26.3. The first kappa shape index (κ1) is 32.0. The van der Waals surface area contributed by atoms with Gasteiger partial charge in [0.2, 0.25) is 12.3 Å². The van der Waals surface area contributed by atoms with E-state index in [1.165, 1.54) is 4.88 Å². The Hall–Kier alpha value is -3.52. The van der Waals surface area contributed by atoms with Gasteiger partial charge in [0.15, 0.2) is 0 Å². The molecule has 220 valence electrons. The summed E-state index contributed by atoms with van der Waals surface area (Å²) in [6, 6.07) is 14.1. The number of thiazole rings is 1. The molecule has 41 heavy (non-hydrogen) atoms. The number of nitrogens with zero attached hydrogens (tertiary/aromatic N) is 3. The van der Waals surface area contributed by atoms with Crippen molar-refractivity contribution in [3.05, 3.63) is 75.9 Å². The topological polar surface area (TPSA) is 82.6 Å². The molecule has 2 aliphatic heterocycles. The Morgan fingerprint density at radius 3 is 2.49 bits per heavy atom. The maximum atomic E-state index is 12.3. The smallest absolute Gasteiger partial charge is 0.254 e. The highest BCUT2D eigenvalue weighted by Crippen LogP contribution is 2.29. The molecule has 2 atom stereocenters. The zero-order valence-electron chi connectivity index (χ0n) is 25.4. The standard InChI is InChI=1S/C18H21N3O2S.C13H17NO.C2H6/c1-12-8-14(17-13(2)20-10-24-17)5-6-15(12)9-19-18(23)16-4-3-7-21(16)11-22;1-9(2)10(3)14-8-11-6-4-5-7-12(11)13(14)15;1-2/h5-6,8,10-11,16H,3-4,7,9H2,1-2H3,(H,19,23);4-7,9-10H,8H2,1-3H3;1-2H3. The molecule has 0 bridgehead atoms. The number of benzene rings is 2. The number of aryl methyl sites for hydroxylation is 2. The Balaban J connectivity index is 0.000000233. The predicted molar refractivity (Wildman–Crippen MR) is 167 cm³/mol. The van der Waals surface area contributed by atoms with Crippen LogP contribution in [0.2, 0.25) is 0 Å². The largest absolute Gasteiger partial charge is 0.350 e. The predicted octanol–water partition coefficient (Wildman–Crippen LogP) is 6.38. The van der Waals surface area contributed by atoms with Gasteiger partial charge < -0.3 is 15.1 Å². The Morgan fingerprint density at radius 2 is 1.88 bits per heavy atom. The van der Waals surface area contributed by atoms with Crippen LogP contribution >= 0.6 is 11.3 Å². The van der Waals surface area contributed by atoms with Gasteiger partial charge in [0.05, 0.1) is 16.1 Å². The highest BCUT2D eigenvalue weighted by atomic mass is 32.1. The zero-order chi connectivity index (χ0) is 30.1. The monoisotopic (exact) mass is 576 g/mol. The molecular weight excluding hydrogens is 532 g/mol.